The summed E-state index contributed by atoms with van der Waals surface area (Å²) < 4.78 is 34.5. The van der Waals surface area contributed by atoms with Crippen molar-refractivity contribution in [3.05, 3.63) is 22.2 Å². The lowest BCUT2D eigenvalue weighted by Gasteiger charge is -2.36. The number of benzene rings is 1. The van der Waals surface area contributed by atoms with E-state index in [9.17, 15) is 13.2 Å². The molecule has 1 aromatic carbocycles. The van der Waals surface area contributed by atoms with Crippen molar-refractivity contribution in [2.75, 3.05) is 0 Å². The second-order valence-electron chi connectivity index (χ2n) is 9.52. The minimum atomic E-state index is -3.99. The van der Waals surface area contributed by atoms with Gasteiger partial charge in [-0.05, 0) is 65.0 Å². The summed E-state index contributed by atoms with van der Waals surface area (Å²) in [6.07, 6.45) is 1.53. The Labute approximate surface area is 184 Å². The molecule has 1 rings (SSSR count). The highest BCUT2D eigenvalue weighted by Crippen LogP contribution is 2.40. The number of ether oxygens (including phenoxy) is 2. The van der Waals surface area contributed by atoms with Crippen LogP contribution < -0.4 is 9.88 Å². The molecule has 29 heavy (non-hydrogen) atoms. The molecule has 0 saturated carbocycles. The lowest BCUT2D eigenvalue weighted by molar-refractivity contribution is -0.155. The molecule has 0 aliphatic carbocycles. The second-order valence-corrected chi connectivity index (χ2v) is 11.8. The lowest BCUT2D eigenvalue weighted by atomic mass is 9.78. The Bertz CT molecular complexity index is 858. The fourth-order valence-electron chi connectivity index (χ4n) is 3.22. The number of primary sulfonamides is 1. The lowest BCUT2D eigenvalue weighted by Crippen LogP contribution is -2.35. The van der Waals surface area contributed by atoms with Crippen LogP contribution >= 0.6 is 23.2 Å². The highest BCUT2D eigenvalue weighted by Gasteiger charge is 2.32. The number of hydrogen-bond donors (Lipinski definition) is 1. The van der Waals surface area contributed by atoms with Gasteiger partial charge < -0.3 is 9.47 Å². The molecule has 0 atom stereocenters. The molecule has 0 saturated heterocycles. The van der Waals surface area contributed by atoms with Crippen LogP contribution in [0.2, 0.25) is 10.0 Å². The van der Waals surface area contributed by atoms with Crippen LogP contribution in [0, 0.1) is 5.41 Å². The van der Waals surface area contributed by atoms with E-state index < -0.39 is 21.2 Å². The summed E-state index contributed by atoms with van der Waals surface area (Å²) in [6.45, 7) is 13.4. The summed E-state index contributed by atoms with van der Waals surface area (Å²) in [5, 5.41) is 4.94. The third-order valence-corrected chi connectivity index (χ3v) is 5.96. The van der Waals surface area contributed by atoms with Gasteiger partial charge in [0.1, 0.15) is 26.9 Å². The Morgan fingerprint density at radius 2 is 1.59 bits per heavy atom. The maximum Gasteiger partial charge on any atom is 0.306 e. The van der Waals surface area contributed by atoms with Crippen molar-refractivity contribution in [2.45, 2.75) is 83.8 Å². The maximum absolute atomic E-state index is 12.0. The quantitative estimate of drug-likeness (QED) is 0.520. The molecule has 0 heterocycles. The zero-order valence-corrected chi connectivity index (χ0v) is 20.4. The minimum Gasteiger partial charge on any atom is -0.486 e. The first-order valence-corrected chi connectivity index (χ1v) is 11.5. The average molecular weight is 468 g/mol. The fourth-order valence-corrected chi connectivity index (χ4v) is 4.57. The monoisotopic (exact) mass is 467 g/mol. The number of carbonyl (C=O) groups is 1. The van der Waals surface area contributed by atoms with E-state index in [2.05, 4.69) is 0 Å². The molecule has 0 amide bonds. The zero-order chi connectivity index (χ0) is 22.8. The fraction of sp³-hybridized carbons (Fsp3) is 0.650. The van der Waals surface area contributed by atoms with E-state index >= 15 is 0 Å². The third kappa shape index (κ3) is 8.70. The van der Waals surface area contributed by atoms with E-state index in [1.807, 2.05) is 48.5 Å². The largest absolute Gasteiger partial charge is 0.486 e. The molecule has 0 aliphatic rings. The van der Waals surface area contributed by atoms with Crippen molar-refractivity contribution in [1.29, 1.82) is 0 Å². The molecule has 0 radical (unpaired) electrons. The van der Waals surface area contributed by atoms with E-state index in [0.717, 1.165) is 0 Å². The first-order valence-electron chi connectivity index (χ1n) is 9.25. The number of hydrogen-bond acceptors (Lipinski definition) is 5. The van der Waals surface area contributed by atoms with Gasteiger partial charge in [0.05, 0.1) is 5.02 Å². The molecule has 0 unspecified atom stereocenters. The summed E-state index contributed by atoms with van der Waals surface area (Å²) >= 11 is 12.3. The standard InChI is InChI=1S/C20H31Cl2NO5S/c1-18(2,3)28-15(24)10-11-19(4,5)12-20(6,7)27-13-8-9-14(29(23,25)26)17(22)16(13)21/h8-9H,10-12H2,1-7H3,(H2,23,25,26). The van der Waals surface area contributed by atoms with Gasteiger partial charge in [0.2, 0.25) is 10.0 Å². The van der Waals surface area contributed by atoms with Crippen molar-refractivity contribution in [3.63, 3.8) is 0 Å². The van der Waals surface area contributed by atoms with E-state index in [-0.39, 0.29) is 32.1 Å². The first kappa shape index (κ1) is 26.0. The Hall–Kier alpha value is -1.02. The van der Waals surface area contributed by atoms with Gasteiger partial charge in [0.15, 0.2) is 0 Å². The number of nitrogens with two attached hydrogens (primary N) is 1. The summed E-state index contributed by atoms with van der Waals surface area (Å²) in [4.78, 5) is 11.8. The van der Waals surface area contributed by atoms with Gasteiger partial charge in [-0.2, -0.15) is 0 Å². The number of halogens is 2. The van der Waals surface area contributed by atoms with Crippen molar-refractivity contribution in [3.8, 4) is 5.75 Å². The van der Waals surface area contributed by atoms with E-state index in [4.69, 9.17) is 37.8 Å². The Morgan fingerprint density at radius 1 is 1.03 bits per heavy atom. The van der Waals surface area contributed by atoms with Crippen LogP contribution in [-0.2, 0) is 19.6 Å². The number of rotatable bonds is 8. The number of esters is 1. The van der Waals surface area contributed by atoms with Gasteiger partial charge in [-0.1, -0.05) is 37.0 Å². The van der Waals surface area contributed by atoms with Gasteiger partial charge in [-0.3, -0.25) is 4.79 Å². The maximum atomic E-state index is 12.0. The number of carbonyl (C=O) groups excluding carboxylic acids is 1. The number of sulfonamides is 1. The smallest absolute Gasteiger partial charge is 0.306 e. The molecule has 0 aliphatic heterocycles. The topological polar surface area (TPSA) is 95.7 Å². The highest BCUT2D eigenvalue weighted by molar-refractivity contribution is 7.89. The SMILES string of the molecule is CC(C)(CCC(=O)OC(C)(C)C)CC(C)(C)Oc1ccc(S(N)(=O)=O)c(Cl)c1Cl. The summed E-state index contributed by atoms with van der Waals surface area (Å²) in [6, 6.07) is 2.70. The van der Waals surface area contributed by atoms with Gasteiger partial charge in [-0.15, -0.1) is 0 Å². The average Bonchev–Trinajstić information content (AvgIpc) is 2.46. The van der Waals surface area contributed by atoms with Crippen LogP contribution in [0.5, 0.6) is 5.75 Å². The van der Waals surface area contributed by atoms with Crippen LogP contribution in [0.25, 0.3) is 0 Å². The highest BCUT2D eigenvalue weighted by atomic mass is 35.5. The first-order chi connectivity index (χ1) is 12.8. The van der Waals surface area contributed by atoms with Crippen LogP contribution in [0.15, 0.2) is 17.0 Å². The third-order valence-electron chi connectivity index (χ3n) is 4.03. The van der Waals surface area contributed by atoms with Crippen molar-refractivity contribution in [2.24, 2.45) is 10.6 Å². The molecular formula is C20H31Cl2NO5S. The molecule has 0 aromatic heterocycles. The van der Waals surface area contributed by atoms with Crippen molar-refractivity contribution < 1.29 is 22.7 Å². The molecular weight excluding hydrogens is 437 g/mol. The summed E-state index contributed by atoms with van der Waals surface area (Å²) in [5.41, 5.74) is -1.40. The van der Waals surface area contributed by atoms with Gasteiger partial charge in [0.25, 0.3) is 0 Å². The Balaban J connectivity index is 2.87. The van der Waals surface area contributed by atoms with Crippen LogP contribution in [0.3, 0.4) is 0 Å². The predicted molar refractivity (Wildman–Crippen MR) is 116 cm³/mol. The van der Waals surface area contributed by atoms with Gasteiger partial charge in [-0.25, -0.2) is 13.6 Å². The summed E-state index contributed by atoms with van der Waals surface area (Å²) in [5.74, 6) is 0.0229. The van der Waals surface area contributed by atoms with Gasteiger partial charge >= 0.3 is 5.97 Å². The van der Waals surface area contributed by atoms with Crippen LogP contribution in [0.4, 0.5) is 0 Å². The Kier molecular flexibility index (Phi) is 8.07. The molecule has 6 nitrogen and oxygen atoms in total. The van der Waals surface area contributed by atoms with Crippen LogP contribution in [-0.4, -0.2) is 25.6 Å². The Morgan fingerprint density at radius 3 is 2.07 bits per heavy atom. The molecule has 1 aromatic rings. The molecule has 9 heteroatoms. The van der Waals surface area contributed by atoms with Crippen molar-refractivity contribution >= 4 is 39.2 Å². The summed E-state index contributed by atoms with van der Waals surface area (Å²) in [7, 11) is -3.99. The molecule has 0 bridgehead atoms. The van der Waals surface area contributed by atoms with Crippen LogP contribution in [0.1, 0.15) is 67.7 Å². The predicted octanol–water partition coefficient (Wildman–Crippen LogP) is 5.34. The van der Waals surface area contributed by atoms with E-state index in [1.54, 1.807) is 0 Å². The van der Waals surface area contributed by atoms with Gasteiger partial charge in [0, 0.05) is 6.42 Å². The molecule has 2 N–H and O–H groups in total. The molecule has 166 valence electrons. The van der Waals surface area contributed by atoms with E-state index in [0.29, 0.717) is 19.3 Å². The molecule has 0 spiro atoms. The normalized spacial score (nSPS) is 13.3. The zero-order valence-electron chi connectivity index (χ0n) is 18.1. The van der Waals surface area contributed by atoms with E-state index in [1.165, 1.54) is 12.1 Å². The minimum absolute atomic E-state index is 0.0159. The molecule has 0 fully saturated rings. The second kappa shape index (κ2) is 9.00. The van der Waals surface area contributed by atoms with Crippen molar-refractivity contribution in [1.82, 2.24) is 0 Å².